The Morgan fingerprint density at radius 3 is 2.29 bits per heavy atom. The molecule has 1 saturated heterocycles. The van der Waals surface area contributed by atoms with Crippen molar-refractivity contribution >= 4 is 17.9 Å². The fourth-order valence-electron chi connectivity index (χ4n) is 4.50. The number of rotatable bonds is 9. The Labute approximate surface area is 225 Å². The van der Waals surface area contributed by atoms with Crippen molar-refractivity contribution in [3.63, 3.8) is 0 Å². The first kappa shape index (κ1) is 29.2. The minimum Gasteiger partial charge on any atom is -0.444 e. The first-order valence-electron chi connectivity index (χ1n) is 13.5. The average molecular weight is 524 g/mol. The van der Waals surface area contributed by atoms with E-state index in [1.54, 1.807) is 17.0 Å². The number of hydroxylamine groups is 2. The average Bonchev–Trinajstić information content (AvgIpc) is 2.91. The number of amides is 3. The van der Waals surface area contributed by atoms with Crippen LogP contribution in [0.4, 0.5) is 4.79 Å². The Hall–Kier alpha value is -3.39. The van der Waals surface area contributed by atoms with Crippen LogP contribution in [0.2, 0.25) is 0 Å². The Morgan fingerprint density at radius 2 is 1.68 bits per heavy atom. The van der Waals surface area contributed by atoms with E-state index in [0.717, 1.165) is 30.4 Å². The van der Waals surface area contributed by atoms with Gasteiger partial charge in [0.15, 0.2) is 0 Å². The van der Waals surface area contributed by atoms with Crippen LogP contribution in [0.5, 0.6) is 0 Å². The molecule has 1 atom stereocenters. The second-order valence-corrected chi connectivity index (χ2v) is 10.9. The number of piperidine rings is 1. The molecule has 8 nitrogen and oxygen atoms in total. The Bertz CT molecular complexity index is 1080. The van der Waals surface area contributed by atoms with Crippen LogP contribution >= 0.6 is 0 Å². The van der Waals surface area contributed by atoms with Gasteiger partial charge in [-0.1, -0.05) is 43.3 Å². The van der Waals surface area contributed by atoms with Gasteiger partial charge < -0.3 is 15.0 Å². The van der Waals surface area contributed by atoms with Crippen molar-refractivity contribution in [3.8, 4) is 11.1 Å². The molecular formula is C30H41N3O5. The van der Waals surface area contributed by atoms with E-state index in [9.17, 15) is 19.6 Å². The van der Waals surface area contributed by atoms with Crippen LogP contribution in [0.1, 0.15) is 69.3 Å². The molecule has 2 N–H and O–H groups in total. The second-order valence-electron chi connectivity index (χ2n) is 10.9. The molecule has 0 aliphatic carbocycles. The van der Waals surface area contributed by atoms with E-state index in [2.05, 4.69) is 36.5 Å². The first-order valence-corrected chi connectivity index (χ1v) is 13.5. The lowest BCUT2D eigenvalue weighted by atomic mass is 9.93. The van der Waals surface area contributed by atoms with Crippen molar-refractivity contribution in [2.24, 2.45) is 5.92 Å². The summed E-state index contributed by atoms with van der Waals surface area (Å²) in [5.41, 5.74) is 3.37. The topological polar surface area (TPSA) is 99.2 Å². The molecule has 3 rings (SSSR count). The number of nitrogens with zero attached hydrogens (tertiary/aromatic N) is 2. The maximum Gasteiger partial charge on any atom is 0.410 e. The lowest BCUT2D eigenvalue weighted by Crippen LogP contribution is -2.43. The second kappa shape index (κ2) is 13.4. The number of likely N-dealkylation sites (tertiary alicyclic amines) is 1. The van der Waals surface area contributed by atoms with Gasteiger partial charge in [-0.25, -0.2) is 9.86 Å². The highest BCUT2D eigenvalue weighted by Gasteiger charge is 2.28. The number of ether oxygens (including phenoxy) is 1. The Balaban J connectivity index is 1.38. The SMILES string of the molecule is CCc1ccc(-c2ccc(C(=O)NCCN(O)C(=O)CCC3CCCN(C(=O)OC(C)(C)C)C3)cc2)cc1. The maximum absolute atomic E-state index is 12.5. The van der Waals surface area contributed by atoms with Crippen molar-refractivity contribution < 1.29 is 24.3 Å². The molecule has 1 unspecified atom stereocenters. The third-order valence-electron chi connectivity index (χ3n) is 6.68. The highest BCUT2D eigenvalue weighted by atomic mass is 16.6. The fourth-order valence-corrected chi connectivity index (χ4v) is 4.50. The molecular weight excluding hydrogens is 482 g/mol. The molecule has 0 spiro atoms. The molecule has 1 heterocycles. The van der Waals surface area contributed by atoms with E-state index in [1.165, 1.54) is 5.56 Å². The van der Waals surface area contributed by atoms with Gasteiger partial charge in [0.2, 0.25) is 5.91 Å². The van der Waals surface area contributed by atoms with E-state index in [-0.39, 0.29) is 37.4 Å². The number of carbonyl (C=O) groups excluding carboxylic acids is 3. The summed E-state index contributed by atoms with van der Waals surface area (Å²) in [7, 11) is 0. The third kappa shape index (κ3) is 8.87. The van der Waals surface area contributed by atoms with Crippen LogP contribution in [0.25, 0.3) is 11.1 Å². The molecule has 38 heavy (non-hydrogen) atoms. The van der Waals surface area contributed by atoms with Crippen molar-refractivity contribution in [2.45, 2.75) is 65.4 Å². The summed E-state index contributed by atoms with van der Waals surface area (Å²) in [6.45, 7) is 8.98. The maximum atomic E-state index is 12.5. The molecule has 1 aliphatic rings. The highest BCUT2D eigenvalue weighted by Crippen LogP contribution is 2.23. The zero-order valence-electron chi connectivity index (χ0n) is 23.0. The van der Waals surface area contributed by atoms with Gasteiger partial charge >= 0.3 is 6.09 Å². The van der Waals surface area contributed by atoms with Crippen LogP contribution in [-0.4, -0.2) is 64.9 Å². The molecule has 2 aromatic carbocycles. The highest BCUT2D eigenvalue weighted by molar-refractivity contribution is 5.94. The largest absolute Gasteiger partial charge is 0.444 e. The van der Waals surface area contributed by atoms with Gasteiger partial charge in [-0.15, -0.1) is 0 Å². The Kier molecular flexibility index (Phi) is 10.3. The fraction of sp³-hybridized carbons (Fsp3) is 0.500. The van der Waals surface area contributed by atoms with Crippen molar-refractivity contribution in [2.75, 3.05) is 26.2 Å². The monoisotopic (exact) mass is 523 g/mol. The lowest BCUT2D eigenvalue weighted by Gasteiger charge is -2.34. The summed E-state index contributed by atoms with van der Waals surface area (Å²) in [6, 6.07) is 15.7. The molecule has 0 radical (unpaired) electrons. The number of nitrogens with one attached hydrogen (secondary N) is 1. The predicted octanol–water partition coefficient (Wildman–Crippen LogP) is 5.29. The summed E-state index contributed by atoms with van der Waals surface area (Å²) in [5.74, 6) is -0.476. The molecule has 1 fully saturated rings. The summed E-state index contributed by atoms with van der Waals surface area (Å²) in [6.07, 6.45) is 3.21. The standard InChI is InChI=1S/C30H41N3O5/c1-5-22-8-11-24(12-9-22)25-13-15-26(16-14-25)28(35)31-18-20-33(37)27(34)17-10-23-7-6-19-32(21-23)29(36)38-30(2,3)4/h8-9,11-16,23,37H,5-7,10,17-21H2,1-4H3,(H,31,35). The molecule has 8 heteroatoms. The lowest BCUT2D eigenvalue weighted by molar-refractivity contribution is -0.165. The molecule has 206 valence electrons. The minimum atomic E-state index is -0.544. The number of hydrogen-bond donors (Lipinski definition) is 2. The number of hydrogen-bond acceptors (Lipinski definition) is 5. The first-order chi connectivity index (χ1) is 18.1. The summed E-state index contributed by atoms with van der Waals surface area (Å²) in [4.78, 5) is 38.9. The van der Waals surface area contributed by atoms with Crippen molar-refractivity contribution in [1.29, 1.82) is 0 Å². The van der Waals surface area contributed by atoms with Crippen LogP contribution in [0.15, 0.2) is 48.5 Å². The van der Waals surface area contributed by atoms with Gasteiger partial charge in [0.05, 0.1) is 6.54 Å². The van der Waals surface area contributed by atoms with E-state index >= 15 is 0 Å². The zero-order valence-corrected chi connectivity index (χ0v) is 23.0. The smallest absolute Gasteiger partial charge is 0.410 e. The van der Waals surface area contributed by atoms with Crippen LogP contribution in [-0.2, 0) is 16.0 Å². The van der Waals surface area contributed by atoms with Gasteiger partial charge in [0.1, 0.15) is 5.60 Å². The van der Waals surface area contributed by atoms with Crippen LogP contribution in [0.3, 0.4) is 0 Å². The Morgan fingerprint density at radius 1 is 1.05 bits per heavy atom. The van der Waals surface area contributed by atoms with E-state index in [4.69, 9.17) is 4.74 Å². The van der Waals surface area contributed by atoms with Crippen LogP contribution in [0, 0.1) is 5.92 Å². The van der Waals surface area contributed by atoms with Gasteiger partial charge in [-0.2, -0.15) is 0 Å². The van der Waals surface area contributed by atoms with Gasteiger partial charge in [0.25, 0.3) is 5.91 Å². The number of benzene rings is 2. The van der Waals surface area contributed by atoms with E-state index in [1.807, 2.05) is 32.9 Å². The summed E-state index contributed by atoms with van der Waals surface area (Å²) < 4.78 is 5.46. The summed E-state index contributed by atoms with van der Waals surface area (Å²) >= 11 is 0. The molecule has 0 aromatic heterocycles. The van der Waals surface area contributed by atoms with Crippen LogP contribution < -0.4 is 5.32 Å². The minimum absolute atomic E-state index is 0.00113. The molecule has 3 amide bonds. The quantitative estimate of drug-likeness (QED) is 0.344. The van der Waals surface area contributed by atoms with Crippen molar-refractivity contribution in [3.05, 3.63) is 59.7 Å². The molecule has 1 aliphatic heterocycles. The van der Waals surface area contributed by atoms with Crippen molar-refractivity contribution in [1.82, 2.24) is 15.3 Å². The zero-order chi connectivity index (χ0) is 27.7. The number of carbonyl (C=O) groups is 3. The van der Waals surface area contributed by atoms with Gasteiger partial charge in [-0.05, 0) is 81.2 Å². The molecule has 0 bridgehead atoms. The molecule has 0 saturated carbocycles. The van der Waals surface area contributed by atoms with E-state index < -0.39 is 11.5 Å². The third-order valence-corrected chi connectivity index (χ3v) is 6.68. The molecule has 2 aromatic rings. The van der Waals surface area contributed by atoms with Gasteiger partial charge in [0, 0.05) is 31.6 Å². The normalized spacial score (nSPS) is 15.6. The van der Waals surface area contributed by atoms with E-state index in [0.29, 0.717) is 30.1 Å². The predicted molar refractivity (Wildman–Crippen MR) is 147 cm³/mol. The number of aryl methyl sites for hydroxylation is 1. The van der Waals surface area contributed by atoms with Gasteiger partial charge in [-0.3, -0.25) is 14.8 Å². The summed E-state index contributed by atoms with van der Waals surface area (Å²) in [5, 5.41) is 13.6.